The van der Waals surface area contributed by atoms with E-state index in [0.29, 0.717) is 12.5 Å². The molecule has 0 bridgehead atoms. The van der Waals surface area contributed by atoms with Crippen molar-refractivity contribution in [1.82, 2.24) is 4.90 Å². The van der Waals surface area contributed by atoms with Gasteiger partial charge in [0, 0.05) is 30.6 Å². The molecule has 0 radical (unpaired) electrons. The Hall–Kier alpha value is -1.84. The minimum atomic E-state index is 0. The molecule has 1 aliphatic rings. The smallest absolute Gasteiger partial charge is 0.254 e. The summed E-state index contributed by atoms with van der Waals surface area (Å²) in [5, 5.41) is 0. The Kier molecular flexibility index (Phi) is 6.03. The average molecular weight is 345 g/mol. The van der Waals surface area contributed by atoms with E-state index in [1.165, 1.54) is 11.1 Å². The van der Waals surface area contributed by atoms with Gasteiger partial charge in [0.25, 0.3) is 5.91 Å². The maximum atomic E-state index is 12.8. The highest BCUT2D eigenvalue weighted by Gasteiger charge is 2.34. The van der Waals surface area contributed by atoms with E-state index in [-0.39, 0.29) is 24.4 Å². The lowest BCUT2D eigenvalue weighted by atomic mass is 9.93. The van der Waals surface area contributed by atoms with Crippen LogP contribution in [-0.2, 0) is 6.54 Å². The topological polar surface area (TPSA) is 46.3 Å². The molecule has 128 valence electrons. The Labute approximate surface area is 150 Å². The number of hydrogen-bond donors (Lipinski definition) is 1. The Morgan fingerprint density at radius 3 is 2.46 bits per heavy atom. The predicted molar refractivity (Wildman–Crippen MR) is 101 cm³/mol. The van der Waals surface area contributed by atoms with Crippen LogP contribution in [0.3, 0.4) is 0 Å². The van der Waals surface area contributed by atoms with Crippen LogP contribution in [0.2, 0.25) is 0 Å². The summed E-state index contributed by atoms with van der Waals surface area (Å²) in [6.45, 7) is 5.59. The van der Waals surface area contributed by atoms with E-state index < -0.39 is 0 Å². The molecule has 1 fully saturated rings. The quantitative estimate of drug-likeness (QED) is 0.918. The fourth-order valence-electron chi connectivity index (χ4n) is 3.53. The van der Waals surface area contributed by atoms with Crippen molar-refractivity contribution < 1.29 is 4.79 Å². The largest absolute Gasteiger partial charge is 0.335 e. The van der Waals surface area contributed by atoms with E-state index in [0.717, 1.165) is 24.1 Å². The van der Waals surface area contributed by atoms with Crippen molar-refractivity contribution in [1.29, 1.82) is 0 Å². The van der Waals surface area contributed by atoms with Gasteiger partial charge in [0.1, 0.15) is 0 Å². The number of nitrogens with zero attached hydrogens (tertiary/aromatic N) is 1. The first-order valence-corrected chi connectivity index (χ1v) is 8.25. The fraction of sp³-hybridized carbons (Fsp3) is 0.350. The minimum Gasteiger partial charge on any atom is -0.335 e. The second kappa shape index (κ2) is 7.82. The molecule has 2 aromatic carbocycles. The molecule has 2 aromatic rings. The zero-order chi connectivity index (χ0) is 16.4. The van der Waals surface area contributed by atoms with E-state index >= 15 is 0 Å². The highest BCUT2D eigenvalue weighted by molar-refractivity contribution is 5.94. The number of carbonyl (C=O) groups excluding carboxylic acids is 1. The van der Waals surface area contributed by atoms with Gasteiger partial charge in [-0.3, -0.25) is 4.79 Å². The number of rotatable bonds is 3. The normalized spacial score (nSPS) is 19.9. The van der Waals surface area contributed by atoms with Gasteiger partial charge in [-0.25, -0.2) is 0 Å². The van der Waals surface area contributed by atoms with Gasteiger partial charge >= 0.3 is 0 Å². The van der Waals surface area contributed by atoms with Crippen LogP contribution < -0.4 is 5.73 Å². The second-order valence-corrected chi connectivity index (χ2v) is 6.50. The number of likely N-dealkylation sites (tertiary alicyclic amines) is 1. The van der Waals surface area contributed by atoms with E-state index in [1.807, 2.05) is 29.2 Å². The second-order valence-electron chi connectivity index (χ2n) is 6.50. The third kappa shape index (κ3) is 3.63. The molecule has 2 unspecified atom stereocenters. The van der Waals surface area contributed by atoms with Gasteiger partial charge in [-0.2, -0.15) is 0 Å². The van der Waals surface area contributed by atoms with Crippen molar-refractivity contribution >= 4 is 18.3 Å². The summed E-state index contributed by atoms with van der Waals surface area (Å²) in [5.74, 6) is 0.552. The average Bonchev–Trinajstić information content (AvgIpc) is 2.96. The number of hydrogen-bond acceptors (Lipinski definition) is 2. The standard InChI is InChI=1S/C20H24N2O.ClH/c1-14-5-3-4-6-19(14)18-11-15(2)22(13-18)20(23)17-9-7-16(12-21)8-10-17;/h3-10,15,18H,11-13,21H2,1-2H3;1H. The Morgan fingerprint density at radius 2 is 1.83 bits per heavy atom. The molecular weight excluding hydrogens is 320 g/mol. The summed E-state index contributed by atoms with van der Waals surface area (Å²) in [6.07, 6.45) is 1.03. The first kappa shape index (κ1) is 18.5. The van der Waals surface area contributed by atoms with E-state index in [4.69, 9.17) is 5.73 Å². The van der Waals surface area contributed by atoms with Crippen LogP contribution in [0.15, 0.2) is 48.5 Å². The molecule has 4 heteroatoms. The third-order valence-electron chi connectivity index (χ3n) is 4.90. The number of aryl methyl sites for hydroxylation is 1. The highest BCUT2D eigenvalue weighted by atomic mass is 35.5. The van der Waals surface area contributed by atoms with Crippen LogP contribution in [0.25, 0.3) is 0 Å². The minimum absolute atomic E-state index is 0. The zero-order valence-corrected chi connectivity index (χ0v) is 15.1. The molecule has 0 saturated carbocycles. The number of carbonyl (C=O) groups is 1. The molecule has 0 spiro atoms. The van der Waals surface area contributed by atoms with E-state index in [2.05, 4.69) is 38.1 Å². The van der Waals surface area contributed by atoms with E-state index in [9.17, 15) is 4.79 Å². The van der Waals surface area contributed by atoms with Gasteiger partial charge in [-0.05, 0) is 49.1 Å². The first-order chi connectivity index (χ1) is 11.1. The SMILES string of the molecule is Cc1ccccc1C1CC(C)N(C(=O)c2ccc(CN)cc2)C1.Cl. The molecule has 1 heterocycles. The number of halogens is 1. The third-order valence-corrected chi connectivity index (χ3v) is 4.90. The Morgan fingerprint density at radius 1 is 1.17 bits per heavy atom. The first-order valence-electron chi connectivity index (χ1n) is 8.25. The van der Waals surface area contributed by atoms with Crippen molar-refractivity contribution in [3.05, 3.63) is 70.8 Å². The van der Waals surface area contributed by atoms with Gasteiger partial charge in [-0.15, -0.1) is 12.4 Å². The summed E-state index contributed by atoms with van der Waals surface area (Å²) in [4.78, 5) is 14.8. The van der Waals surface area contributed by atoms with E-state index in [1.54, 1.807) is 0 Å². The van der Waals surface area contributed by atoms with Crippen molar-refractivity contribution in [3.63, 3.8) is 0 Å². The molecular formula is C20H25ClN2O. The molecule has 1 saturated heterocycles. The summed E-state index contributed by atoms with van der Waals surface area (Å²) in [7, 11) is 0. The predicted octanol–water partition coefficient (Wildman–Crippen LogP) is 3.89. The van der Waals surface area contributed by atoms with Crippen LogP contribution in [-0.4, -0.2) is 23.4 Å². The van der Waals surface area contributed by atoms with Crippen molar-refractivity contribution in [2.75, 3.05) is 6.54 Å². The molecule has 1 aliphatic heterocycles. The maximum Gasteiger partial charge on any atom is 0.254 e. The van der Waals surface area contributed by atoms with Crippen molar-refractivity contribution in [2.24, 2.45) is 5.73 Å². The van der Waals surface area contributed by atoms with Crippen LogP contribution in [0, 0.1) is 6.92 Å². The summed E-state index contributed by atoms with van der Waals surface area (Å²) in [5.41, 5.74) is 10.1. The van der Waals surface area contributed by atoms with Crippen LogP contribution in [0.1, 0.15) is 46.3 Å². The summed E-state index contributed by atoms with van der Waals surface area (Å²) >= 11 is 0. The van der Waals surface area contributed by atoms with Crippen molar-refractivity contribution in [2.45, 2.75) is 38.8 Å². The lowest BCUT2D eigenvalue weighted by Gasteiger charge is -2.22. The maximum absolute atomic E-state index is 12.8. The lowest BCUT2D eigenvalue weighted by Crippen LogP contribution is -2.33. The van der Waals surface area contributed by atoms with Crippen LogP contribution >= 0.6 is 12.4 Å². The highest BCUT2D eigenvalue weighted by Crippen LogP contribution is 2.34. The number of benzene rings is 2. The number of amides is 1. The van der Waals surface area contributed by atoms with Crippen LogP contribution in [0.5, 0.6) is 0 Å². The van der Waals surface area contributed by atoms with Gasteiger partial charge in [-0.1, -0.05) is 36.4 Å². The Balaban J connectivity index is 0.00000208. The van der Waals surface area contributed by atoms with Gasteiger partial charge in [0.05, 0.1) is 0 Å². The molecule has 3 nitrogen and oxygen atoms in total. The Bertz CT molecular complexity index is 699. The van der Waals surface area contributed by atoms with Gasteiger partial charge < -0.3 is 10.6 Å². The lowest BCUT2D eigenvalue weighted by molar-refractivity contribution is 0.0746. The molecule has 3 rings (SSSR count). The molecule has 0 aliphatic carbocycles. The van der Waals surface area contributed by atoms with Gasteiger partial charge in [0.15, 0.2) is 0 Å². The fourth-order valence-corrected chi connectivity index (χ4v) is 3.53. The molecule has 1 amide bonds. The van der Waals surface area contributed by atoms with Crippen molar-refractivity contribution in [3.8, 4) is 0 Å². The van der Waals surface area contributed by atoms with Crippen LogP contribution in [0.4, 0.5) is 0 Å². The summed E-state index contributed by atoms with van der Waals surface area (Å²) in [6, 6.07) is 16.4. The zero-order valence-electron chi connectivity index (χ0n) is 14.2. The molecule has 0 aromatic heterocycles. The molecule has 2 N–H and O–H groups in total. The molecule has 24 heavy (non-hydrogen) atoms. The number of nitrogens with two attached hydrogens (primary N) is 1. The van der Waals surface area contributed by atoms with Gasteiger partial charge in [0.2, 0.25) is 0 Å². The summed E-state index contributed by atoms with van der Waals surface area (Å²) < 4.78 is 0. The molecule has 2 atom stereocenters. The monoisotopic (exact) mass is 344 g/mol.